The Kier molecular flexibility index (Phi) is 5.15. The van der Waals surface area contributed by atoms with Gasteiger partial charge in [0, 0.05) is 23.6 Å². The fourth-order valence-corrected chi connectivity index (χ4v) is 2.77. The third kappa shape index (κ3) is 4.04. The van der Waals surface area contributed by atoms with Gasteiger partial charge in [0.1, 0.15) is 5.82 Å². The number of rotatable bonds is 5. The molecule has 1 N–H and O–H groups in total. The second kappa shape index (κ2) is 6.64. The van der Waals surface area contributed by atoms with Gasteiger partial charge in [-0.2, -0.15) is 0 Å². The number of halogens is 2. The summed E-state index contributed by atoms with van der Waals surface area (Å²) in [6.07, 6.45) is 2.64. The van der Waals surface area contributed by atoms with E-state index in [-0.39, 0.29) is 5.82 Å². The molecule has 2 rings (SSSR count). The van der Waals surface area contributed by atoms with Crippen molar-refractivity contribution in [2.75, 3.05) is 19.6 Å². The number of nitrogens with zero attached hydrogens (tertiary/aromatic N) is 1. The van der Waals surface area contributed by atoms with Crippen LogP contribution in [0.15, 0.2) is 22.7 Å². The molecule has 1 aliphatic rings. The summed E-state index contributed by atoms with van der Waals surface area (Å²) in [7, 11) is 0. The first-order valence-corrected chi connectivity index (χ1v) is 7.34. The molecule has 1 saturated heterocycles. The van der Waals surface area contributed by atoms with Crippen LogP contribution in [-0.4, -0.2) is 30.6 Å². The lowest BCUT2D eigenvalue weighted by atomic mass is 10.2. The van der Waals surface area contributed by atoms with Gasteiger partial charge < -0.3 is 10.2 Å². The minimum atomic E-state index is -0.179. The molecule has 4 heteroatoms. The summed E-state index contributed by atoms with van der Waals surface area (Å²) < 4.78 is 14.1. The number of hydrogen-bond acceptors (Lipinski definition) is 2. The molecule has 0 aromatic heterocycles. The Morgan fingerprint density at radius 2 is 2.11 bits per heavy atom. The van der Waals surface area contributed by atoms with E-state index in [1.54, 1.807) is 12.1 Å². The highest BCUT2D eigenvalue weighted by Gasteiger charge is 2.14. The smallest absolute Gasteiger partial charge is 0.123 e. The molecule has 1 aromatic rings. The van der Waals surface area contributed by atoms with Gasteiger partial charge >= 0.3 is 0 Å². The van der Waals surface area contributed by atoms with E-state index in [0.29, 0.717) is 12.6 Å². The fourth-order valence-electron chi connectivity index (χ4n) is 2.38. The fraction of sp³-hybridized carbons (Fsp3) is 0.571. The molecule has 0 radical (unpaired) electrons. The molecule has 18 heavy (non-hydrogen) atoms. The zero-order valence-electron chi connectivity index (χ0n) is 10.8. The van der Waals surface area contributed by atoms with Crippen LogP contribution in [0.4, 0.5) is 4.39 Å². The molecule has 100 valence electrons. The van der Waals surface area contributed by atoms with E-state index in [1.165, 1.54) is 32.0 Å². The van der Waals surface area contributed by atoms with Crippen molar-refractivity contribution in [3.05, 3.63) is 34.1 Å². The molecule has 1 heterocycles. The lowest BCUT2D eigenvalue weighted by molar-refractivity contribution is 0.298. The van der Waals surface area contributed by atoms with E-state index in [9.17, 15) is 4.39 Å². The topological polar surface area (TPSA) is 15.3 Å². The summed E-state index contributed by atoms with van der Waals surface area (Å²) in [5, 5.41) is 3.46. The Morgan fingerprint density at radius 1 is 1.39 bits per heavy atom. The van der Waals surface area contributed by atoms with Gasteiger partial charge in [-0.15, -0.1) is 0 Å². The largest absolute Gasteiger partial charge is 0.309 e. The summed E-state index contributed by atoms with van der Waals surface area (Å²) in [5.74, 6) is -0.179. The van der Waals surface area contributed by atoms with Crippen molar-refractivity contribution in [1.29, 1.82) is 0 Å². The number of hydrogen-bond donors (Lipinski definition) is 1. The average molecular weight is 315 g/mol. The van der Waals surface area contributed by atoms with E-state index >= 15 is 0 Å². The second-order valence-electron chi connectivity index (χ2n) is 5.03. The van der Waals surface area contributed by atoms with Crippen LogP contribution in [0.25, 0.3) is 0 Å². The molecular weight excluding hydrogens is 295 g/mol. The third-order valence-corrected chi connectivity index (χ3v) is 4.15. The van der Waals surface area contributed by atoms with Gasteiger partial charge in [0.25, 0.3) is 0 Å². The molecule has 0 saturated carbocycles. The van der Waals surface area contributed by atoms with E-state index in [4.69, 9.17) is 0 Å². The first-order chi connectivity index (χ1) is 8.65. The van der Waals surface area contributed by atoms with E-state index in [0.717, 1.165) is 16.6 Å². The molecule has 0 spiro atoms. The van der Waals surface area contributed by atoms with Crippen molar-refractivity contribution in [2.24, 2.45) is 0 Å². The van der Waals surface area contributed by atoms with Crippen LogP contribution in [0.2, 0.25) is 0 Å². The van der Waals surface area contributed by atoms with Gasteiger partial charge in [0.2, 0.25) is 0 Å². The molecule has 1 unspecified atom stereocenters. The number of likely N-dealkylation sites (tertiary alicyclic amines) is 1. The Morgan fingerprint density at radius 3 is 2.83 bits per heavy atom. The van der Waals surface area contributed by atoms with Crippen molar-refractivity contribution in [1.82, 2.24) is 10.2 Å². The summed E-state index contributed by atoms with van der Waals surface area (Å²) in [6.45, 7) is 6.40. The highest BCUT2D eigenvalue weighted by atomic mass is 79.9. The van der Waals surface area contributed by atoms with E-state index in [1.807, 2.05) is 0 Å². The number of benzene rings is 1. The molecule has 0 bridgehead atoms. The SMILES string of the molecule is CC(CN1CCCC1)NCc1cc(F)ccc1Br. The highest BCUT2D eigenvalue weighted by Crippen LogP contribution is 2.17. The van der Waals surface area contributed by atoms with Crippen LogP contribution in [0.1, 0.15) is 25.3 Å². The third-order valence-electron chi connectivity index (χ3n) is 3.38. The van der Waals surface area contributed by atoms with Crippen molar-refractivity contribution in [2.45, 2.75) is 32.4 Å². The molecule has 1 aliphatic heterocycles. The first kappa shape index (κ1) is 14.0. The van der Waals surface area contributed by atoms with Crippen molar-refractivity contribution < 1.29 is 4.39 Å². The normalized spacial score (nSPS) is 18.2. The van der Waals surface area contributed by atoms with E-state index in [2.05, 4.69) is 33.1 Å². The average Bonchev–Trinajstić information content (AvgIpc) is 2.83. The Hall–Kier alpha value is -0.450. The Balaban J connectivity index is 1.81. The summed E-state index contributed by atoms with van der Waals surface area (Å²) in [6, 6.07) is 5.25. The van der Waals surface area contributed by atoms with Crippen LogP contribution in [-0.2, 0) is 6.54 Å². The molecule has 0 amide bonds. The second-order valence-corrected chi connectivity index (χ2v) is 5.88. The van der Waals surface area contributed by atoms with Crippen LogP contribution >= 0.6 is 15.9 Å². The molecule has 1 aromatic carbocycles. The maximum Gasteiger partial charge on any atom is 0.123 e. The monoisotopic (exact) mass is 314 g/mol. The van der Waals surface area contributed by atoms with Gasteiger partial charge in [-0.1, -0.05) is 15.9 Å². The predicted molar refractivity (Wildman–Crippen MR) is 76.1 cm³/mol. The Labute approximate surface area is 117 Å². The van der Waals surface area contributed by atoms with Crippen LogP contribution in [0.3, 0.4) is 0 Å². The highest BCUT2D eigenvalue weighted by molar-refractivity contribution is 9.10. The molecule has 1 fully saturated rings. The van der Waals surface area contributed by atoms with Gasteiger partial charge in [0.05, 0.1) is 0 Å². The first-order valence-electron chi connectivity index (χ1n) is 6.55. The molecule has 0 aliphatic carbocycles. The summed E-state index contributed by atoms with van der Waals surface area (Å²) >= 11 is 3.45. The molecule has 1 atom stereocenters. The van der Waals surface area contributed by atoms with Gasteiger partial charge in [-0.3, -0.25) is 0 Å². The standard InChI is InChI=1S/C14H20BrFN2/c1-11(10-18-6-2-3-7-18)17-9-12-8-13(16)4-5-14(12)15/h4-5,8,11,17H,2-3,6-7,9-10H2,1H3. The summed E-state index contributed by atoms with van der Waals surface area (Å²) in [4.78, 5) is 2.48. The zero-order valence-corrected chi connectivity index (χ0v) is 12.3. The van der Waals surface area contributed by atoms with Gasteiger partial charge in [0.15, 0.2) is 0 Å². The van der Waals surface area contributed by atoms with Crippen molar-refractivity contribution in [3.8, 4) is 0 Å². The maximum atomic E-state index is 13.1. The molecule has 2 nitrogen and oxygen atoms in total. The van der Waals surface area contributed by atoms with Gasteiger partial charge in [-0.25, -0.2) is 4.39 Å². The lowest BCUT2D eigenvalue weighted by Crippen LogP contribution is -2.37. The maximum absolute atomic E-state index is 13.1. The van der Waals surface area contributed by atoms with Crippen LogP contribution in [0, 0.1) is 5.82 Å². The molecular formula is C14H20BrFN2. The predicted octanol–water partition coefficient (Wildman–Crippen LogP) is 3.16. The summed E-state index contributed by atoms with van der Waals surface area (Å²) in [5.41, 5.74) is 0.975. The van der Waals surface area contributed by atoms with Crippen molar-refractivity contribution >= 4 is 15.9 Å². The minimum Gasteiger partial charge on any atom is -0.309 e. The van der Waals surface area contributed by atoms with E-state index < -0.39 is 0 Å². The minimum absolute atomic E-state index is 0.179. The van der Waals surface area contributed by atoms with Gasteiger partial charge in [-0.05, 0) is 56.6 Å². The quantitative estimate of drug-likeness (QED) is 0.898. The van der Waals surface area contributed by atoms with Crippen LogP contribution in [0.5, 0.6) is 0 Å². The van der Waals surface area contributed by atoms with Crippen molar-refractivity contribution in [3.63, 3.8) is 0 Å². The number of nitrogens with one attached hydrogen (secondary N) is 1. The van der Waals surface area contributed by atoms with Crippen LogP contribution < -0.4 is 5.32 Å². The lowest BCUT2D eigenvalue weighted by Gasteiger charge is -2.21. The Bertz CT molecular complexity index is 391. The zero-order chi connectivity index (χ0) is 13.0.